The molecule has 1 aromatic rings. The van der Waals surface area contributed by atoms with E-state index in [0.717, 1.165) is 29.4 Å². The van der Waals surface area contributed by atoms with Crippen molar-refractivity contribution in [2.24, 2.45) is 0 Å². The SMILES string of the molecule is COc1cc(OC)c(CNC2CCCSC2)c(OC)c1. The van der Waals surface area contributed by atoms with Crippen LogP contribution in [-0.4, -0.2) is 38.9 Å². The van der Waals surface area contributed by atoms with Crippen LogP contribution in [0.4, 0.5) is 0 Å². The Morgan fingerprint density at radius 2 is 1.85 bits per heavy atom. The van der Waals surface area contributed by atoms with Crippen LogP contribution >= 0.6 is 11.8 Å². The molecule has 1 fully saturated rings. The monoisotopic (exact) mass is 297 g/mol. The zero-order valence-electron chi connectivity index (χ0n) is 12.4. The van der Waals surface area contributed by atoms with Crippen LogP contribution in [0.1, 0.15) is 18.4 Å². The molecule has 1 heterocycles. The Hall–Kier alpha value is -1.07. The Bertz CT molecular complexity index is 408. The van der Waals surface area contributed by atoms with Gasteiger partial charge in [0, 0.05) is 30.5 Å². The predicted molar refractivity (Wildman–Crippen MR) is 83.3 cm³/mol. The fourth-order valence-electron chi connectivity index (χ4n) is 2.40. The number of rotatable bonds is 6. The van der Waals surface area contributed by atoms with Crippen molar-refractivity contribution in [2.75, 3.05) is 32.8 Å². The molecule has 0 aromatic heterocycles. The first kappa shape index (κ1) is 15.3. The second kappa shape index (κ2) is 7.64. The number of methoxy groups -OCH3 is 3. The molecule has 4 nitrogen and oxygen atoms in total. The van der Waals surface area contributed by atoms with E-state index in [1.807, 2.05) is 23.9 Å². The lowest BCUT2D eigenvalue weighted by atomic mass is 10.1. The van der Waals surface area contributed by atoms with E-state index in [0.29, 0.717) is 6.04 Å². The van der Waals surface area contributed by atoms with Gasteiger partial charge in [0.2, 0.25) is 0 Å². The van der Waals surface area contributed by atoms with Gasteiger partial charge in [-0.25, -0.2) is 0 Å². The molecular formula is C15H23NO3S. The van der Waals surface area contributed by atoms with Gasteiger partial charge in [-0.2, -0.15) is 11.8 Å². The minimum atomic E-state index is 0.574. The van der Waals surface area contributed by atoms with Gasteiger partial charge < -0.3 is 19.5 Å². The van der Waals surface area contributed by atoms with Crippen LogP contribution < -0.4 is 19.5 Å². The molecular weight excluding hydrogens is 274 g/mol. The maximum atomic E-state index is 5.47. The van der Waals surface area contributed by atoms with Crippen molar-refractivity contribution in [3.8, 4) is 17.2 Å². The number of ether oxygens (including phenoxy) is 3. The van der Waals surface area contributed by atoms with Gasteiger partial charge in [0.1, 0.15) is 17.2 Å². The number of nitrogens with one attached hydrogen (secondary N) is 1. The smallest absolute Gasteiger partial charge is 0.130 e. The highest BCUT2D eigenvalue weighted by molar-refractivity contribution is 7.99. The summed E-state index contributed by atoms with van der Waals surface area (Å²) in [5, 5.41) is 3.60. The van der Waals surface area contributed by atoms with Crippen molar-refractivity contribution >= 4 is 11.8 Å². The summed E-state index contributed by atoms with van der Waals surface area (Å²) < 4.78 is 16.2. The van der Waals surface area contributed by atoms with Gasteiger partial charge in [0.25, 0.3) is 0 Å². The average Bonchev–Trinajstić information content (AvgIpc) is 2.52. The molecule has 0 radical (unpaired) electrons. The highest BCUT2D eigenvalue weighted by atomic mass is 32.2. The van der Waals surface area contributed by atoms with Gasteiger partial charge in [-0.15, -0.1) is 0 Å². The Kier molecular flexibility index (Phi) is 5.86. The van der Waals surface area contributed by atoms with E-state index in [-0.39, 0.29) is 0 Å². The van der Waals surface area contributed by atoms with Crippen molar-refractivity contribution in [3.05, 3.63) is 17.7 Å². The molecule has 0 saturated carbocycles. The van der Waals surface area contributed by atoms with E-state index in [1.54, 1.807) is 21.3 Å². The van der Waals surface area contributed by atoms with Crippen LogP contribution in [0.15, 0.2) is 12.1 Å². The quantitative estimate of drug-likeness (QED) is 0.874. The third-order valence-corrected chi connectivity index (χ3v) is 4.76. The fourth-order valence-corrected chi connectivity index (χ4v) is 3.51. The van der Waals surface area contributed by atoms with Crippen LogP contribution in [0.2, 0.25) is 0 Å². The summed E-state index contributed by atoms with van der Waals surface area (Å²) in [7, 11) is 4.99. The van der Waals surface area contributed by atoms with Gasteiger partial charge in [0.15, 0.2) is 0 Å². The molecule has 1 saturated heterocycles. The van der Waals surface area contributed by atoms with E-state index < -0.39 is 0 Å². The van der Waals surface area contributed by atoms with E-state index in [2.05, 4.69) is 5.32 Å². The van der Waals surface area contributed by atoms with Gasteiger partial charge >= 0.3 is 0 Å². The molecule has 1 atom stereocenters. The summed E-state index contributed by atoms with van der Waals surface area (Å²) in [6.45, 7) is 0.752. The minimum Gasteiger partial charge on any atom is -0.496 e. The molecule has 0 amide bonds. The Morgan fingerprint density at radius 3 is 2.35 bits per heavy atom. The number of hydrogen-bond acceptors (Lipinski definition) is 5. The molecule has 0 bridgehead atoms. The molecule has 1 aliphatic heterocycles. The summed E-state index contributed by atoms with van der Waals surface area (Å²) in [6, 6.07) is 4.37. The van der Waals surface area contributed by atoms with Gasteiger partial charge in [-0.1, -0.05) is 0 Å². The maximum Gasteiger partial charge on any atom is 0.130 e. The molecule has 0 aliphatic carbocycles. The third kappa shape index (κ3) is 3.73. The standard InChI is InChI=1S/C15H23NO3S/c1-17-12-7-14(18-2)13(15(8-12)19-3)9-16-11-5-4-6-20-10-11/h7-8,11,16H,4-6,9-10H2,1-3H3. The lowest BCUT2D eigenvalue weighted by Gasteiger charge is -2.23. The molecule has 1 N–H and O–H groups in total. The highest BCUT2D eigenvalue weighted by Crippen LogP contribution is 2.34. The summed E-state index contributed by atoms with van der Waals surface area (Å²) in [4.78, 5) is 0. The van der Waals surface area contributed by atoms with Gasteiger partial charge in [0.05, 0.1) is 26.9 Å². The zero-order chi connectivity index (χ0) is 14.4. The first-order chi connectivity index (χ1) is 9.78. The van der Waals surface area contributed by atoms with Crippen LogP contribution in [0.5, 0.6) is 17.2 Å². The average molecular weight is 297 g/mol. The van der Waals surface area contributed by atoms with Crippen LogP contribution in [0.3, 0.4) is 0 Å². The fraction of sp³-hybridized carbons (Fsp3) is 0.600. The second-order valence-corrected chi connectivity index (χ2v) is 5.96. The largest absolute Gasteiger partial charge is 0.496 e. The number of hydrogen-bond donors (Lipinski definition) is 1. The lowest BCUT2D eigenvalue weighted by molar-refractivity contribution is 0.364. The van der Waals surface area contributed by atoms with Crippen LogP contribution in [-0.2, 0) is 6.54 Å². The summed E-state index contributed by atoms with van der Waals surface area (Å²) in [5.41, 5.74) is 1.05. The van der Waals surface area contributed by atoms with Crippen molar-refractivity contribution in [3.63, 3.8) is 0 Å². The van der Waals surface area contributed by atoms with E-state index in [4.69, 9.17) is 14.2 Å². The van der Waals surface area contributed by atoms with E-state index >= 15 is 0 Å². The van der Waals surface area contributed by atoms with Crippen molar-refractivity contribution < 1.29 is 14.2 Å². The maximum absolute atomic E-state index is 5.47. The van der Waals surface area contributed by atoms with Gasteiger partial charge in [-0.05, 0) is 18.6 Å². The highest BCUT2D eigenvalue weighted by Gasteiger charge is 2.17. The van der Waals surface area contributed by atoms with Crippen LogP contribution in [0.25, 0.3) is 0 Å². The molecule has 112 valence electrons. The molecule has 20 heavy (non-hydrogen) atoms. The van der Waals surface area contributed by atoms with Crippen molar-refractivity contribution in [1.82, 2.24) is 5.32 Å². The topological polar surface area (TPSA) is 39.7 Å². The molecule has 1 aliphatic rings. The summed E-state index contributed by atoms with van der Waals surface area (Å²) in [5.74, 6) is 4.82. The third-order valence-electron chi connectivity index (χ3n) is 3.54. The molecule has 1 aromatic carbocycles. The number of thioether (sulfide) groups is 1. The van der Waals surface area contributed by atoms with Gasteiger partial charge in [-0.3, -0.25) is 0 Å². The first-order valence-corrected chi connectivity index (χ1v) is 8.04. The van der Waals surface area contributed by atoms with Crippen LogP contribution in [0, 0.1) is 0 Å². The van der Waals surface area contributed by atoms with E-state index in [1.165, 1.54) is 24.3 Å². The Morgan fingerprint density at radius 1 is 1.15 bits per heavy atom. The number of benzene rings is 1. The molecule has 1 unspecified atom stereocenters. The lowest BCUT2D eigenvalue weighted by Crippen LogP contribution is -2.33. The first-order valence-electron chi connectivity index (χ1n) is 6.88. The predicted octanol–water partition coefficient (Wildman–Crippen LogP) is 2.70. The Balaban J connectivity index is 2.11. The molecule has 2 rings (SSSR count). The van der Waals surface area contributed by atoms with Crippen molar-refractivity contribution in [1.29, 1.82) is 0 Å². The second-order valence-electron chi connectivity index (χ2n) is 4.81. The summed E-state index contributed by atoms with van der Waals surface area (Å²) >= 11 is 2.02. The van der Waals surface area contributed by atoms with Crippen molar-refractivity contribution in [2.45, 2.75) is 25.4 Å². The molecule has 0 spiro atoms. The Labute approximate surface area is 125 Å². The minimum absolute atomic E-state index is 0.574. The normalized spacial score (nSPS) is 18.6. The summed E-state index contributed by atoms with van der Waals surface area (Å²) in [6.07, 6.45) is 2.53. The zero-order valence-corrected chi connectivity index (χ0v) is 13.2. The van der Waals surface area contributed by atoms with E-state index in [9.17, 15) is 0 Å². The molecule has 5 heteroatoms.